The van der Waals surface area contributed by atoms with Crippen molar-refractivity contribution in [1.82, 2.24) is 5.32 Å². The van der Waals surface area contributed by atoms with Crippen LogP contribution in [0.5, 0.6) is 0 Å². The van der Waals surface area contributed by atoms with E-state index in [2.05, 4.69) is 5.32 Å². The molecule has 3 heteroatoms. The maximum absolute atomic E-state index is 5.51. The van der Waals surface area contributed by atoms with Gasteiger partial charge in [-0.2, -0.15) is 0 Å². The highest BCUT2D eigenvalue weighted by molar-refractivity contribution is 4.95. The summed E-state index contributed by atoms with van der Waals surface area (Å²) in [5.41, 5.74) is 0.0677. The minimum absolute atomic E-state index is 0.0677. The number of hydrogen-bond donors (Lipinski definition) is 1. The van der Waals surface area contributed by atoms with E-state index in [0.717, 1.165) is 32.9 Å². The second-order valence-corrected chi connectivity index (χ2v) is 2.69. The van der Waals surface area contributed by atoms with Crippen molar-refractivity contribution in [2.45, 2.75) is 5.60 Å². The first-order chi connectivity index (χ1) is 4.41. The Labute approximate surface area is 54.3 Å². The molecule has 0 atom stereocenters. The lowest BCUT2D eigenvalue weighted by Crippen LogP contribution is -2.65. The topological polar surface area (TPSA) is 30.5 Å². The molecular weight excluding hydrogens is 118 g/mol. The molecule has 2 fully saturated rings. The maximum atomic E-state index is 5.51. The first kappa shape index (κ1) is 5.65. The van der Waals surface area contributed by atoms with Crippen molar-refractivity contribution >= 4 is 0 Å². The van der Waals surface area contributed by atoms with Gasteiger partial charge in [-0.05, 0) is 0 Å². The number of hydrogen-bond acceptors (Lipinski definition) is 3. The molecule has 1 N–H and O–H groups in total. The molecule has 0 radical (unpaired) electrons. The van der Waals surface area contributed by atoms with Crippen LogP contribution in [0.25, 0.3) is 0 Å². The summed E-state index contributed by atoms with van der Waals surface area (Å²) in [6, 6.07) is 0. The largest absolute Gasteiger partial charge is 0.376 e. The van der Waals surface area contributed by atoms with Crippen LogP contribution in [0, 0.1) is 0 Å². The minimum atomic E-state index is 0.0677. The van der Waals surface area contributed by atoms with Crippen LogP contribution in [0.4, 0.5) is 0 Å². The van der Waals surface area contributed by atoms with Crippen molar-refractivity contribution in [2.24, 2.45) is 0 Å². The molecule has 2 saturated heterocycles. The Morgan fingerprint density at radius 2 is 2.11 bits per heavy atom. The Balaban J connectivity index is 1.93. The van der Waals surface area contributed by atoms with Crippen LogP contribution in [0.3, 0.4) is 0 Å². The highest BCUT2D eigenvalue weighted by Gasteiger charge is 2.39. The van der Waals surface area contributed by atoms with E-state index in [1.807, 2.05) is 0 Å². The third-order valence-electron chi connectivity index (χ3n) is 1.90. The van der Waals surface area contributed by atoms with Gasteiger partial charge in [0.05, 0.1) is 19.8 Å². The monoisotopic (exact) mass is 129 g/mol. The summed E-state index contributed by atoms with van der Waals surface area (Å²) >= 11 is 0. The summed E-state index contributed by atoms with van der Waals surface area (Å²) in [7, 11) is 0. The second-order valence-electron chi connectivity index (χ2n) is 2.69. The molecule has 2 aliphatic rings. The fraction of sp³-hybridized carbons (Fsp3) is 1.00. The molecule has 2 rings (SSSR count). The van der Waals surface area contributed by atoms with Gasteiger partial charge in [-0.1, -0.05) is 0 Å². The lowest BCUT2D eigenvalue weighted by atomic mass is 9.98. The summed E-state index contributed by atoms with van der Waals surface area (Å²) in [5, 5.41) is 3.17. The zero-order chi connectivity index (χ0) is 6.16. The molecule has 1 spiro atoms. The molecule has 9 heavy (non-hydrogen) atoms. The van der Waals surface area contributed by atoms with Crippen molar-refractivity contribution in [2.75, 3.05) is 32.9 Å². The van der Waals surface area contributed by atoms with Gasteiger partial charge in [-0.25, -0.2) is 0 Å². The molecule has 0 amide bonds. The van der Waals surface area contributed by atoms with Crippen LogP contribution >= 0.6 is 0 Å². The standard InChI is InChI=1S/C6H11NO2/c1-2-9-6(5-8-1)3-7-4-6/h7H,1-5H2. The fourth-order valence-corrected chi connectivity index (χ4v) is 1.22. The third kappa shape index (κ3) is 0.852. The number of ether oxygens (including phenoxy) is 2. The summed E-state index contributed by atoms with van der Waals surface area (Å²) in [4.78, 5) is 0. The Morgan fingerprint density at radius 3 is 2.44 bits per heavy atom. The van der Waals surface area contributed by atoms with E-state index in [4.69, 9.17) is 9.47 Å². The van der Waals surface area contributed by atoms with Gasteiger partial charge < -0.3 is 14.8 Å². The van der Waals surface area contributed by atoms with Gasteiger partial charge in [0.2, 0.25) is 0 Å². The Kier molecular flexibility index (Phi) is 1.22. The maximum Gasteiger partial charge on any atom is 0.116 e. The van der Waals surface area contributed by atoms with Crippen molar-refractivity contribution in [3.8, 4) is 0 Å². The Hall–Kier alpha value is -0.120. The molecule has 0 bridgehead atoms. The van der Waals surface area contributed by atoms with Gasteiger partial charge in [0.15, 0.2) is 0 Å². The zero-order valence-electron chi connectivity index (χ0n) is 5.35. The molecule has 2 heterocycles. The lowest BCUT2D eigenvalue weighted by molar-refractivity contribution is -0.177. The van der Waals surface area contributed by atoms with Gasteiger partial charge in [0, 0.05) is 13.1 Å². The zero-order valence-corrected chi connectivity index (χ0v) is 5.35. The second kappa shape index (κ2) is 1.94. The van der Waals surface area contributed by atoms with Crippen molar-refractivity contribution in [1.29, 1.82) is 0 Å². The van der Waals surface area contributed by atoms with Crippen LogP contribution in [-0.2, 0) is 9.47 Å². The van der Waals surface area contributed by atoms with Crippen molar-refractivity contribution < 1.29 is 9.47 Å². The Morgan fingerprint density at radius 1 is 1.22 bits per heavy atom. The third-order valence-corrected chi connectivity index (χ3v) is 1.90. The highest BCUT2D eigenvalue weighted by Crippen LogP contribution is 2.19. The average molecular weight is 129 g/mol. The van der Waals surface area contributed by atoms with E-state index >= 15 is 0 Å². The van der Waals surface area contributed by atoms with E-state index in [9.17, 15) is 0 Å². The predicted octanol–water partition coefficient (Wildman–Crippen LogP) is -0.625. The van der Waals surface area contributed by atoms with E-state index in [1.165, 1.54) is 0 Å². The van der Waals surface area contributed by atoms with Crippen LogP contribution in [0.2, 0.25) is 0 Å². The molecule has 0 unspecified atom stereocenters. The van der Waals surface area contributed by atoms with Gasteiger partial charge in [0.1, 0.15) is 5.60 Å². The average Bonchev–Trinajstić information content (AvgIpc) is 1.87. The number of nitrogens with one attached hydrogen (secondary N) is 1. The smallest absolute Gasteiger partial charge is 0.116 e. The predicted molar refractivity (Wildman–Crippen MR) is 32.4 cm³/mol. The minimum Gasteiger partial charge on any atom is -0.376 e. The van der Waals surface area contributed by atoms with Gasteiger partial charge >= 0.3 is 0 Å². The summed E-state index contributed by atoms with van der Waals surface area (Å²) in [6.07, 6.45) is 0. The van der Waals surface area contributed by atoms with Crippen LogP contribution < -0.4 is 5.32 Å². The molecule has 3 nitrogen and oxygen atoms in total. The van der Waals surface area contributed by atoms with Crippen LogP contribution in [0.15, 0.2) is 0 Å². The van der Waals surface area contributed by atoms with Crippen molar-refractivity contribution in [3.63, 3.8) is 0 Å². The molecule has 0 aliphatic carbocycles. The first-order valence-corrected chi connectivity index (χ1v) is 3.34. The normalized spacial score (nSPS) is 32.0. The summed E-state index contributed by atoms with van der Waals surface area (Å²) in [6.45, 7) is 4.24. The molecule has 0 aromatic heterocycles. The molecule has 0 saturated carbocycles. The molecule has 0 aromatic rings. The van der Waals surface area contributed by atoms with Crippen molar-refractivity contribution in [3.05, 3.63) is 0 Å². The quantitative estimate of drug-likeness (QED) is 0.472. The van der Waals surface area contributed by atoms with Crippen LogP contribution in [0.1, 0.15) is 0 Å². The number of rotatable bonds is 0. The molecule has 0 aromatic carbocycles. The van der Waals surface area contributed by atoms with E-state index < -0.39 is 0 Å². The SMILES string of the molecule is C1COC2(CNC2)CO1. The van der Waals surface area contributed by atoms with E-state index in [0.29, 0.717) is 0 Å². The lowest BCUT2D eigenvalue weighted by Gasteiger charge is -2.44. The Bertz CT molecular complexity index is 104. The van der Waals surface area contributed by atoms with Gasteiger partial charge in [-0.3, -0.25) is 0 Å². The first-order valence-electron chi connectivity index (χ1n) is 3.34. The summed E-state index contributed by atoms with van der Waals surface area (Å²) < 4.78 is 10.8. The fourth-order valence-electron chi connectivity index (χ4n) is 1.22. The molecule has 2 aliphatic heterocycles. The van der Waals surface area contributed by atoms with E-state index in [-0.39, 0.29) is 5.60 Å². The summed E-state index contributed by atoms with van der Waals surface area (Å²) in [5.74, 6) is 0. The van der Waals surface area contributed by atoms with Crippen LogP contribution in [-0.4, -0.2) is 38.5 Å². The molecule has 52 valence electrons. The molecular formula is C6H11NO2. The van der Waals surface area contributed by atoms with E-state index in [1.54, 1.807) is 0 Å². The van der Waals surface area contributed by atoms with Gasteiger partial charge in [-0.15, -0.1) is 0 Å². The van der Waals surface area contributed by atoms with Gasteiger partial charge in [0.25, 0.3) is 0 Å². The highest BCUT2D eigenvalue weighted by atomic mass is 16.6.